The van der Waals surface area contributed by atoms with Crippen LogP contribution in [0.5, 0.6) is 5.75 Å². The highest BCUT2D eigenvalue weighted by Crippen LogP contribution is 2.33. The number of hydrogen-bond donors (Lipinski definition) is 1. The molecule has 6 heteroatoms. The van der Waals surface area contributed by atoms with Crippen molar-refractivity contribution in [2.45, 2.75) is 25.4 Å². The summed E-state index contributed by atoms with van der Waals surface area (Å²) in [6.07, 6.45) is 4.17. The summed E-state index contributed by atoms with van der Waals surface area (Å²) < 4.78 is 12.4. The van der Waals surface area contributed by atoms with Gasteiger partial charge in [-0.25, -0.2) is 0 Å². The minimum absolute atomic E-state index is 0. The predicted octanol–water partition coefficient (Wildman–Crippen LogP) is 2.01. The second kappa shape index (κ2) is 10.2. The first-order chi connectivity index (χ1) is 16.0. The van der Waals surface area contributed by atoms with E-state index in [1.165, 1.54) is 5.56 Å². The third-order valence-corrected chi connectivity index (χ3v) is 6.91. The van der Waals surface area contributed by atoms with Crippen LogP contribution >= 0.6 is 0 Å². The fourth-order valence-corrected chi connectivity index (χ4v) is 4.94. The van der Waals surface area contributed by atoms with Crippen LogP contribution in [0.1, 0.15) is 24.0 Å². The summed E-state index contributed by atoms with van der Waals surface area (Å²) in [5.41, 5.74) is 3.66. The van der Waals surface area contributed by atoms with E-state index < -0.39 is 0 Å². The second-order valence-electron chi connectivity index (χ2n) is 9.59. The number of carbonyl (C=O) groups is 1. The van der Waals surface area contributed by atoms with Crippen molar-refractivity contribution in [1.82, 2.24) is 0 Å². The van der Waals surface area contributed by atoms with Crippen molar-refractivity contribution in [3.8, 4) is 5.75 Å². The Hall–Kier alpha value is -2.86. The molecule has 3 aromatic carbocycles. The van der Waals surface area contributed by atoms with Crippen LogP contribution in [0.3, 0.4) is 0 Å². The Morgan fingerprint density at radius 2 is 1.74 bits per heavy atom. The van der Waals surface area contributed by atoms with Gasteiger partial charge in [-0.3, -0.25) is 4.79 Å². The quantitative estimate of drug-likeness (QED) is 0.571. The Bertz CT molecular complexity index is 1200. The summed E-state index contributed by atoms with van der Waals surface area (Å²) in [6.45, 7) is 2.95. The number of anilines is 1. The van der Waals surface area contributed by atoms with E-state index in [2.05, 4.69) is 49.7 Å². The van der Waals surface area contributed by atoms with E-state index in [0.717, 1.165) is 64.9 Å². The van der Waals surface area contributed by atoms with Crippen molar-refractivity contribution in [2.75, 3.05) is 39.2 Å². The molecule has 0 saturated carbocycles. The number of amides is 1. The van der Waals surface area contributed by atoms with Crippen LogP contribution in [0, 0.1) is 0 Å². The largest absolute Gasteiger partial charge is 1.00 e. The zero-order valence-electron chi connectivity index (χ0n) is 19.7. The van der Waals surface area contributed by atoms with Crippen molar-refractivity contribution >= 4 is 28.4 Å². The monoisotopic (exact) mass is 478 g/mol. The third kappa shape index (κ3) is 5.12. The van der Waals surface area contributed by atoms with Gasteiger partial charge < -0.3 is 31.7 Å². The summed E-state index contributed by atoms with van der Waals surface area (Å²) >= 11 is 0. The van der Waals surface area contributed by atoms with Crippen molar-refractivity contribution < 1.29 is 31.2 Å². The zero-order chi connectivity index (χ0) is 22.8. The third-order valence-electron chi connectivity index (χ3n) is 6.91. The van der Waals surface area contributed by atoms with E-state index in [-0.39, 0.29) is 24.9 Å². The van der Waals surface area contributed by atoms with Crippen molar-refractivity contribution in [3.05, 3.63) is 77.4 Å². The highest BCUT2D eigenvalue weighted by molar-refractivity contribution is 6.09. The molecular formula is C28H31ClN2O3. The van der Waals surface area contributed by atoms with E-state index >= 15 is 0 Å². The number of hydrogen-bond acceptors (Lipinski definition) is 3. The Morgan fingerprint density at radius 3 is 2.50 bits per heavy atom. The maximum absolute atomic E-state index is 13.0. The molecule has 1 amide bonds. The lowest BCUT2D eigenvalue weighted by molar-refractivity contribution is -0.929. The molecule has 0 spiro atoms. The van der Waals surface area contributed by atoms with Crippen molar-refractivity contribution in [1.29, 1.82) is 0 Å². The molecule has 34 heavy (non-hydrogen) atoms. The first-order valence-corrected chi connectivity index (χ1v) is 11.7. The molecule has 0 radical (unpaired) electrons. The van der Waals surface area contributed by atoms with Crippen LogP contribution in [-0.4, -0.2) is 50.3 Å². The molecule has 1 saturated heterocycles. The van der Waals surface area contributed by atoms with Crippen LogP contribution in [0.2, 0.25) is 0 Å². The normalized spacial score (nSPS) is 16.1. The Kier molecular flexibility index (Phi) is 7.27. The maximum atomic E-state index is 13.0. The molecule has 5 rings (SSSR count). The van der Waals surface area contributed by atoms with Gasteiger partial charge in [0.15, 0.2) is 0 Å². The number of fused-ring (bicyclic) bond motifs is 3. The lowest BCUT2D eigenvalue weighted by atomic mass is 9.99. The van der Waals surface area contributed by atoms with Gasteiger partial charge in [-0.05, 0) is 35.0 Å². The topological polar surface area (TPSA) is 47.6 Å². The number of ether oxygens (including phenoxy) is 2. The second-order valence-corrected chi connectivity index (χ2v) is 9.59. The summed E-state index contributed by atoms with van der Waals surface area (Å²) in [5, 5.41) is 5.26. The molecule has 2 aliphatic heterocycles. The van der Waals surface area contributed by atoms with Crippen LogP contribution in [0.25, 0.3) is 16.8 Å². The van der Waals surface area contributed by atoms with E-state index in [1.807, 2.05) is 36.4 Å². The summed E-state index contributed by atoms with van der Waals surface area (Å²) in [4.78, 5) is 13.0. The van der Waals surface area contributed by atoms with E-state index in [9.17, 15) is 4.79 Å². The molecule has 178 valence electrons. The van der Waals surface area contributed by atoms with E-state index in [0.29, 0.717) is 11.6 Å². The molecule has 0 bridgehead atoms. The standard InChI is InChI=1S/C28H30N2O3.ClH/c1-30(2,24-13-15-32-16-14-24)18-20-7-10-23(11-8-20)29-28(31)22-17-26-25-6-4-3-5-21(25)9-12-27(26)33-19-22;/h3-12,17,24H,13-16,18-19H2,1-2H3;1H. The average Bonchev–Trinajstić information content (AvgIpc) is 2.85. The molecular weight excluding hydrogens is 448 g/mol. The van der Waals surface area contributed by atoms with Gasteiger partial charge in [0.1, 0.15) is 18.9 Å². The fourth-order valence-electron chi connectivity index (χ4n) is 4.94. The van der Waals surface area contributed by atoms with Crippen molar-refractivity contribution in [2.24, 2.45) is 0 Å². The van der Waals surface area contributed by atoms with Gasteiger partial charge in [0.25, 0.3) is 5.91 Å². The number of halogens is 1. The van der Waals surface area contributed by atoms with Crippen LogP contribution < -0.4 is 22.5 Å². The lowest BCUT2D eigenvalue weighted by Gasteiger charge is -2.40. The highest BCUT2D eigenvalue weighted by atomic mass is 35.5. The first kappa shape index (κ1) is 24.3. The van der Waals surface area contributed by atoms with E-state index in [4.69, 9.17) is 9.47 Å². The SMILES string of the molecule is C[N+](C)(Cc1ccc(NC(=O)C2=Cc3c(ccc4ccccc34)OC2)cc1)C1CCOCC1.[Cl-]. The molecule has 2 aliphatic rings. The molecule has 1 fully saturated rings. The average molecular weight is 479 g/mol. The Morgan fingerprint density at radius 1 is 1.00 bits per heavy atom. The van der Waals surface area contributed by atoms with Gasteiger partial charge in [0, 0.05) is 29.7 Å². The summed E-state index contributed by atoms with van der Waals surface area (Å²) in [7, 11) is 4.59. The molecule has 0 unspecified atom stereocenters. The number of nitrogens with zero attached hydrogens (tertiary/aromatic N) is 1. The number of rotatable bonds is 5. The minimum Gasteiger partial charge on any atom is -1.00 e. The number of quaternary nitrogens is 1. The van der Waals surface area contributed by atoms with Crippen LogP contribution in [0.4, 0.5) is 5.69 Å². The maximum Gasteiger partial charge on any atom is 0.255 e. The van der Waals surface area contributed by atoms with Gasteiger partial charge in [-0.15, -0.1) is 0 Å². The Labute approximate surface area is 207 Å². The molecule has 0 atom stereocenters. The molecule has 2 heterocycles. The number of carbonyl (C=O) groups excluding carboxylic acids is 1. The van der Waals surface area contributed by atoms with Gasteiger partial charge in [-0.1, -0.05) is 42.5 Å². The molecule has 5 nitrogen and oxygen atoms in total. The predicted molar refractivity (Wildman–Crippen MR) is 132 cm³/mol. The smallest absolute Gasteiger partial charge is 0.255 e. The number of nitrogens with one attached hydrogen (secondary N) is 1. The van der Waals surface area contributed by atoms with Gasteiger partial charge >= 0.3 is 0 Å². The van der Waals surface area contributed by atoms with Gasteiger partial charge in [-0.2, -0.15) is 0 Å². The summed E-state index contributed by atoms with van der Waals surface area (Å²) in [6, 6.07) is 21.0. The molecule has 0 aliphatic carbocycles. The van der Waals surface area contributed by atoms with E-state index in [1.54, 1.807) is 0 Å². The lowest BCUT2D eigenvalue weighted by Crippen LogP contribution is -3.00. The van der Waals surface area contributed by atoms with Crippen LogP contribution in [0.15, 0.2) is 66.2 Å². The molecule has 0 aromatic heterocycles. The highest BCUT2D eigenvalue weighted by Gasteiger charge is 2.30. The summed E-state index contributed by atoms with van der Waals surface area (Å²) in [5.74, 6) is 0.694. The fraction of sp³-hybridized carbons (Fsp3) is 0.321. The van der Waals surface area contributed by atoms with Crippen LogP contribution in [-0.2, 0) is 16.1 Å². The molecule has 1 N–H and O–H groups in total. The molecule has 3 aromatic rings. The Balaban J connectivity index is 0.00000274. The van der Waals surface area contributed by atoms with Crippen molar-refractivity contribution in [3.63, 3.8) is 0 Å². The zero-order valence-corrected chi connectivity index (χ0v) is 20.5. The van der Waals surface area contributed by atoms with Gasteiger partial charge in [0.2, 0.25) is 0 Å². The number of benzene rings is 3. The minimum atomic E-state index is -0.125. The van der Waals surface area contributed by atoms with Gasteiger partial charge in [0.05, 0.1) is 38.9 Å². The first-order valence-electron chi connectivity index (χ1n) is 11.7.